The van der Waals surface area contributed by atoms with Gasteiger partial charge in [-0.05, 0) is 43.7 Å². The summed E-state index contributed by atoms with van der Waals surface area (Å²) in [4.78, 5) is 11.5. The van der Waals surface area contributed by atoms with Crippen LogP contribution in [0.5, 0.6) is 0 Å². The molecule has 5 heteroatoms. The molecule has 94 valence electrons. The van der Waals surface area contributed by atoms with Crippen molar-refractivity contribution in [3.63, 3.8) is 0 Å². The maximum Gasteiger partial charge on any atom is 0.356 e. The number of aryl methyl sites for hydroxylation is 1. The number of hydrogen-bond acceptors (Lipinski definition) is 3. The SMILES string of the molecule is CCOC(=O)c1cc(-c2cc(C)cc(Br)c2)n[nH]1. The van der Waals surface area contributed by atoms with Gasteiger partial charge in [0.15, 0.2) is 0 Å². The van der Waals surface area contributed by atoms with Crippen LogP contribution >= 0.6 is 15.9 Å². The molecule has 1 heterocycles. The number of esters is 1. The van der Waals surface area contributed by atoms with Crippen molar-refractivity contribution >= 4 is 21.9 Å². The second-order valence-electron chi connectivity index (χ2n) is 3.90. The Hall–Kier alpha value is -1.62. The topological polar surface area (TPSA) is 55.0 Å². The van der Waals surface area contributed by atoms with Gasteiger partial charge >= 0.3 is 5.97 Å². The average molecular weight is 309 g/mol. The van der Waals surface area contributed by atoms with Gasteiger partial charge in [0, 0.05) is 10.0 Å². The van der Waals surface area contributed by atoms with E-state index in [1.807, 2.05) is 25.1 Å². The van der Waals surface area contributed by atoms with Gasteiger partial charge in [-0.25, -0.2) is 4.79 Å². The van der Waals surface area contributed by atoms with Crippen molar-refractivity contribution in [2.45, 2.75) is 13.8 Å². The van der Waals surface area contributed by atoms with E-state index in [2.05, 4.69) is 26.1 Å². The molecule has 0 unspecified atom stereocenters. The quantitative estimate of drug-likeness (QED) is 0.885. The molecule has 0 saturated carbocycles. The van der Waals surface area contributed by atoms with Gasteiger partial charge in [-0.15, -0.1) is 0 Å². The molecule has 0 aliphatic rings. The molecule has 0 fully saturated rings. The maximum atomic E-state index is 11.5. The van der Waals surface area contributed by atoms with Crippen LogP contribution < -0.4 is 0 Å². The number of nitrogens with one attached hydrogen (secondary N) is 1. The number of carbonyl (C=O) groups excluding carboxylic acids is 1. The molecule has 0 bridgehead atoms. The van der Waals surface area contributed by atoms with Crippen LogP contribution in [0.25, 0.3) is 11.3 Å². The number of hydrogen-bond donors (Lipinski definition) is 1. The summed E-state index contributed by atoms with van der Waals surface area (Å²) in [6.45, 7) is 4.13. The molecule has 1 N–H and O–H groups in total. The van der Waals surface area contributed by atoms with Crippen LogP contribution in [0.3, 0.4) is 0 Å². The van der Waals surface area contributed by atoms with Gasteiger partial charge in [-0.1, -0.05) is 15.9 Å². The number of benzene rings is 1. The Balaban J connectivity index is 2.32. The number of ether oxygens (including phenoxy) is 1. The van der Waals surface area contributed by atoms with Gasteiger partial charge in [0.1, 0.15) is 5.69 Å². The minimum atomic E-state index is -0.386. The summed E-state index contributed by atoms with van der Waals surface area (Å²) >= 11 is 3.44. The first-order valence-corrected chi connectivity index (χ1v) is 6.39. The third-order valence-electron chi connectivity index (χ3n) is 2.41. The van der Waals surface area contributed by atoms with E-state index in [-0.39, 0.29) is 5.97 Å². The third-order valence-corrected chi connectivity index (χ3v) is 2.87. The summed E-state index contributed by atoms with van der Waals surface area (Å²) in [6.07, 6.45) is 0. The second-order valence-corrected chi connectivity index (χ2v) is 4.82. The summed E-state index contributed by atoms with van der Waals surface area (Å²) in [5, 5.41) is 6.81. The Morgan fingerprint density at radius 3 is 2.83 bits per heavy atom. The Morgan fingerprint density at radius 2 is 2.17 bits per heavy atom. The van der Waals surface area contributed by atoms with Crippen LogP contribution in [0.1, 0.15) is 23.0 Å². The monoisotopic (exact) mass is 308 g/mol. The lowest BCUT2D eigenvalue weighted by atomic mass is 10.1. The normalized spacial score (nSPS) is 10.4. The summed E-state index contributed by atoms with van der Waals surface area (Å²) in [5.74, 6) is -0.386. The van der Waals surface area contributed by atoms with E-state index in [0.717, 1.165) is 21.3 Å². The standard InChI is InChI=1S/C13H13BrN2O2/c1-3-18-13(17)12-7-11(15-16-12)9-4-8(2)5-10(14)6-9/h4-7H,3H2,1-2H3,(H,15,16). The van der Waals surface area contributed by atoms with E-state index >= 15 is 0 Å². The van der Waals surface area contributed by atoms with E-state index < -0.39 is 0 Å². The van der Waals surface area contributed by atoms with Crippen LogP contribution in [-0.2, 0) is 4.74 Å². The highest BCUT2D eigenvalue weighted by atomic mass is 79.9. The fraction of sp³-hybridized carbons (Fsp3) is 0.231. The predicted octanol–water partition coefficient (Wildman–Crippen LogP) is 3.32. The Bertz CT molecular complexity index is 558. The zero-order valence-electron chi connectivity index (χ0n) is 10.2. The molecule has 2 aromatic rings. The van der Waals surface area contributed by atoms with Crippen molar-refractivity contribution < 1.29 is 9.53 Å². The summed E-state index contributed by atoms with van der Waals surface area (Å²) in [6, 6.07) is 7.68. The van der Waals surface area contributed by atoms with E-state index in [9.17, 15) is 4.79 Å². The van der Waals surface area contributed by atoms with Crippen molar-refractivity contribution in [2.75, 3.05) is 6.61 Å². The lowest BCUT2D eigenvalue weighted by Crippen LogP contribution is -2.04. The van der Waals surface area contributed by atoms with Crippen LogP contribution in [-0.4, -0.2) is 22.8 Å². The molecule has 0 spiro atoms. The van der Waals surface area contributed by atoms with E-state index in [4.69, 9.17) is 4.74 Å². The number of aromatic nitrogens is 2. The zero-order valence-corrected chi connectivity index (χ0v) is 11.7. The number of H-pyrrole nitrogens is 1. The molecule has 18 heavy (non-hydrogen) atoms. The molecule has 0 atom stereocenters. The van der Waals surface area contributed by atoms with Crippen molar-refractivity contribution in [1.82, 2.24) is 10.2 Å². The van der Waals surface area contributed by atoms with Gasteiger partial charge in [0.05, 0.1) is 12.3 Å². The molecule has 4 nitrogen and oxygen atoms in total. The smallest absolute Gasteiger partial charge is 0.356 e. The molecular weight excluding hydrogens is 296 g/mol. The van der Waals surface area contributed by atoms with Crippen LogP contribution in [0.2, 0.25) is 0 Å². The zero-order chi connectivity index (χ0) is 13.1. The highest BCUT2D eigenvalue weighted by Gasteiger charge is 2.12. The molecule has 0 aliphatic carbocycles. The second kappa shape index (κ2) is 5.35. The minimum Gasteiger partial charge on any atom is -0.461 e. The number of aromatic amines is 1. The van der Waals surface area contributed by atoms with Gasteiger partial charge in [0.25, 0.3) is 0 Å². The Labute approximate surface area is 113 Å². The molecular formula is C13H13BrN2O2. The number of halogens is 1. The van der Waals surface area contributed by atoms with Gasteiger partial charge in [-0.3, -0.25) is 5.10 Å². The molecule has 2 rings (SSSR count). The first-order valence-electron chi connectivity index (χ1n) is 5.60. The van der Waals surface area contributed by atoms with Crippen molar-refractivity contribution in [3.05, 3.63) is 40.0 Å². The minimum absolute atomic E-state index is 0.350. The largest absolute Gasteiger partial charge is 0.461 e. The summed E-state index contributed by atoms with van der Waals surface area (Å²) in [5.41, 5.74) is 3.17. The highest BCUT2D eigenvalue weighted by molar-refractivity contribution is 9.10. The van der Waals surface area contributed by atoms with Crippen molar-refractivity contribution in [1.29, 1.82) is 0 Å². The lowest BCUT2D eigenvalue weighted by molar-refractivity contribution is 0.0519. The molecule has 1 aromatic heterocycles. The van der Waals surface area contributed by atoms with Crippen LogP contribution in [0.4, 0.5) is 0 Å². The van der Waals surface area contributed by atoms with E-state index in [1.54, 1.807) is 13.0 Å². The van der Waals surface area contributed by atoms with Crippen molar-refractivity contribution in [3.8, 4) is 11.3 Å². The average Bonchev–Trinajstić information content (AvgIpc) is 2.77. The molecule has 0 amide bonds. The first-order chi connectivity index (χ1) is 8.60. The lowest BCUT2D eigenvalue weighted by Gasteiger charge is -2.00. The fourth-order valence-corrected chi connectivity index (χ4v) is 2.27. The Kier molecular flexibility index (Phi) is 3.81. The molecule has 1 aromatic carbocycles. The fourth-order valence-electron chi connectivity index (χ4n) is 1.67. The van der Waals surface area contributed by atoms with Gasteiger partial charge in [-0.2, -0.15) is 5.10 Å². The number of rotatable bonds is 3. The third kappa shape index (κ3) is 2.79. The maximum absolute atomic E-state index is 11.5. The summed E-state index contributed by atoms with van der Waals surface area (Å²) < 4.78 is 5.89. The number of carbonyl (C=O) groups is 1. The molecule has 0 saturated heterocycles. The summed E-state index contributed by atoms with van der Waals surface area (Å²) in [7, 11) is 0. The van der Waals surface area contributed by atoms with Crippen LogP contribution in [0.15, 0.2) is 28.7 Å². The van der Waals surface area contributed by atoms with E-state index in [1.165, 1.54) is 0 Å². The molecule has 0 radical (unpaired) electrons. The van der Waals surface area contributed by atoms with Gasteiger partial charge in [0.2, 0.25) is 0 Å². The van der Waals surface area contributed by atoms with Crippen molar-refractivity contribution in [2.24, 2.45) is 0 Å². The van der Waals surface area contributed by atoms with E-state index in [0.29, 0.717) is 12.3 Å². The van der Waals surface area contributed by atoms with Crippen LogP contribution in [0, 0.1) is 6.92 Å². The number of nitrogens with zero attached hydrogens (tertiary/aromatic N) is 1. The first kappa shape index (κ1) is 12.8. The highest BCUT2D eigenvalue weighted by Crippen LogP contribution is 2.24. The predicted molar refractivity (Wildman–Crippen MR) is 72.4 cm³/mol. The Morgan fingerprint density at radius 1 is 1.39 bits per heavy atom. The van der Waals surface area contributed by atoms with Gasteiger partial charge < -0.3 is 4.74 Å². The molecule has 0 aliphatic heterocycles.